The summed E-state index contributed by atoms with van der Waals surface area (Å²) in [5, 5.41) is 2.37. The van der Waals surface area contributed by atoms with Gasteiger partial charge in [-0.2, -0.15) is 0 Å². The van der Waals surface area contributed by atoms with E-state index in [9.17, 15) is 9.59 Å². The Morgan fingerprint density at radius 1 is 1.23 bits per heavy atom. The molecule has 2 bridgehead atoms. The normalized spacial score (nSPS) is 31.6. The second kappa shape index (κ2) is 6.67. The number of nitrogens with one attached hydrogen (secondary N) is 1. The summed E-state index contributed by atoms with van der Waals surface area (Å²) in [4.78, 5) is 24.7. The molecule has 1 heterocycles. The summed E-state index contributed by atoms with van der Waals surface area (Å²) in [6, 6.07) is 9.90. The Balaban J connectivity index is 1.75. The highest BCUT2D eigenvalue weighted by molar-refractivity contribution is 5.96. The molecule has 1 saturated heterocycles. The molecular weight excluding hydrogens is 334 g/mol. The Morgan fingerprint density at radius 3 is 2.58 bits per heavy atom. The summed E-state index contributed by atoms with van der Waals surface area (Å²) < 4.78 is 17.2. The van der Waals surface area contributed by atoms with Gasteiger partial charge in [0.1, 0.15) is 0 Å². The third kappa shape index (κ3) is 3.12. The molecule has 1 saturated carbocycles. The van der Waals surface area contributed by atoms with Crippen molar-refractivity contribution in [1.82, 2.24) is 5.32 Å². The summed E-state index contributed by atoms with van der Waals surface area (Å²) in [6.07, 6.45) is 0.0836. The van der Waals surface area contributed by atoms with Crippen LogP contribution in [0.25, 0.3) is 0 Å². The number of fused-ring (bicyclic) bond motifs is 2. The molecule has 0 radical (unpaired) electrons. The van der Waals surface area contributed by atoms with Gasteiger partial charge in [-0.05, 0) is 46.1 Å². The minimum atomic E-state index is -0.824. The number of carbonyl (C=O) groups excluding carboxylic acids is 2. The van der Waals surface area contributed by atoms with E-state index in [1.807, 2.05) is 51.1 Å². The lowest BCUT2D eigenvalue weighted by molar-refractivity contribution is -0.203. The van der Waals surface area contributed by atoms with Crippen LogP contribution in [0, 0.1) is 5.41 Å². The first kappa shape index (κ1) is 18.9. The van der Waals surface area contributed by atoms with Crippen LogP contribution in [-0.2, 0) is 25.6 Å². The molecule has 26 heavy (non-hydrogen) atoms. The van der Waals surface area contributed by atoms with Crippen LogP contribution < -0.4 is 5.32 Å². The number of hydrogen-bond acceptors (Lipinski definition) is 5. The van der Waals surface area contributed by atoms with Gasteiger partial charge < -0.3 is 14.2 Å². The quantitative estimate of drug-likeness (QED) is 0.872. The molecule has 142 valence electrons. The van der Waals surface area contributed by atoms with Gasteiger partial charge in [0.25, 0.3) is 0 Å². The number of amides is 2. The van der Waals surface area contributed by atoms with E-state index in [1.165, 1.54) is 0 Å². The van der Waals surface area contributed by atoms with Crippen molar-refractivity contribution < 1.29 is 23.8 Å². The summed E-state index contributed by atoms with van der Waals surface area (Å²) in [6.45, 7) is 8.15. The number of rotatable bonds is 5. The van der Waals surface area contributed by atoms with Gasteiger partial charge in [-0.3, -0.25) is 10.1 Å². The zero-order chi connectivity index (χ0) is 19.0. The molecule has 6 heteroatoms. The van der Waals surface area contributed by atoms with E-state index in [0.29, 0.717) is 19.4 Å². The number of hydrogen-bond donors (Lipinski definition) is 1. The monoisotopic (exact) mass is 361 g/mol. The Kier molecular flexibility index (Phi) is 4.84. The number of carbonyl (C=O) groups is 2. The van der Waals surface area contributed by atoms with Crippen LogP contribution in [0.3, 0.4) is 0 Å². The van der Waals surface area contributed by atoms with E-state index < -0.39 is 22.7 Å². The van der Waals surface area contributed by atoms with Crippen LogP contribution in [0.4, 0.5) is 4.79 Å². The lowest BCUT2D eigenvalue weighted by Crippen LogP contribution is -2.56. The Hall–Kier alpha value is -1.92. The van der Waals surface area contributed by atoms with Gasteiger partial charge in [0.05, 0.1) is 35.9 Å². The highest BCUT2D eigenvalue weighted by Gasteiger charge is 2.71. The first-order chi connectivity index (χ1) is 12.2. The topological polar surface area (TPSA) is 73.9 Å². The van der Waals surface area contributed by atoms with Crippen molar-refractivity contribution in [2.45, 2.75) is 64.4 Å². The fourth-order valence-electron chi connectivity index (χ4n) is 4.39. The van der Waals surface area contributed by atoms with E-state index in [2.05, 4.69) is 5.32 Å². The third-order valence-corrected chi connectivity index (χ3v) is 5.73. The number of imide groups is 1. The van der Waals surface area contributed by atoms with Crippen molar-refractivity contribution in [3.8, 4) is 0 Å². The molecule has 0 aromatic heterocycles. The lowest BCUT2D eigenvalue weighted by Gasteiger charge is -2.44. The molecule has 0 spiro atoms. The van der Waals surface area contributed by atoms with E-state index in [-0.39, 0.29) is 18.6 Å². The Bertz CT molecular complexity index is 689. The minimum Gasteiger partial charge on any atom is -0.450 e. The Morgan fingerprint density at radius 2 is 1.92 bits per heavy atom. The predicted octanol–water partition coefficient (Wildman–Crippen LogP) is 3.19. The highest BCUT2D eigenvalue weighted by atomic mass is 16.6. The second-order valence-corrected chi connectivity index (χ2v) is 7.85. The number of benzene rings is 1. The van der Waals surface area contributed by atoms with Crippen LogP contribution in [0.2, 0.25) is 0 Å². The second-order valence-electron chi connectivity index (χ2n) is 7.85. The predicted molar refractivity (Wildman–Crippen MR) is 95.4 cm³/mol. The van der Waals surface area contributed by atoms with Crippen LogP contribution in [-0.4, -0.2) is 35.9 Å². The molecule has 3 unspecified atom stereocenters. The van der Waals surface area contributed by atoms with Crippen LogP contribution in [0.5, 0.6) is 0 Å². The van der Waals surface area contributed by atoms with E-state index in [4.69, 9.17) is 14.2 Å². The fraction of sp³-hybridized carbons (Fsp3) is 0.600. The van der Waals surface area contributed by atoms with Crippen molar-refractivity contribution in [2.75, 3.05) is 6.61 Å². The zero-order valence-electron chi connectivity index (χ0n) is 15.8. The van der Waals surface area contributed by atoms with E-state index >= 15 is 0 Å². The molecule has 2 aliphatic rings. The molecule has 3 atom stereocenters. The first-order valence-electron chi connectivity index (χ1n) is 9.06. The molecule has 3 rings (SSSR count). The summed E-state index contributed by atoms with van der Waals surface area (Å²) in [5.41, 5.74) is -1.01. The van der Waals surface area contributed by atoms with Gasteiger partial charge in [-0.25, -0.2) is 4.79 Å². The average molecular weight is 361 g/mol. The molecule has 1 aliphatic heterocycles. The lowest BCUT2D eigenvalue weighted by atomic mass is 9.72. The highest BCUT2D eigenvalue weighted by Crippen LogP contribution is 2.62. The van der Waals surface area contributed by atoms with Crippen molar-refractivity contribution >= 4 is 12.0 Å². The standard InChI is InChI=1S/C20H27NO5/c1-5-24-17(23)21-16(22)20-11-15(19(4,13-20)26-18(20,2)3)25-12-14-9-7-6-8-10-14/h6-10,15H,5,11-13H2,1-4H3,(H,21,22,23). The van der Waals surface area contributed by atoms with Gasteiger partial charge in [0.2, 0.25) is 5.91 Å². The zero-order valence-corrected chi connectivity index (χ0v) is 15.8. The van der Waals surface area contributed by atoms with E-state index in [0.717, 1.165) is 5.56 Å². The molecule has 1 aromatic rings. The largest absolute Gasteiger partial charge is 0.450 e. The van der Waals surface area contributed by atoms with E-state index in [1.54, 1.807) is 6.92 Å². The molecular formula is C20H27NO5. The van der Waals surface area contributed by atoms with Crippen molar-refractivity contribution in [1.29, 1.82) is 0 Å². The molecule has 1 aromatic carbocycles. The number of ether oxygens (including phenoxy) is 3. The van der Waals surface area contributed by atoms with Crippen LogP contribution in [0.15, 0.2) is 30.3 Å². The van der Waals surface area contributed by atoms with Crippen LogP contribution >= 0.6 is 0 Å². The minimum absolute atomic E-state index is 0.215. The van der Waals surface area contributed by atoms with Gasteiger partial charge in [0, 0.05) is 0 Å². The smallest absolute Gasteiger partial charge is 0.413 e. The van der Waals surface area contributed by atoms with Crippen molar-refractivity contribution in [3.63, 3.8) is 0 Å². The summed E-state index contributed by atoms with van der Waals surface area (Å²) >= 11 is 0. The van der Waals surface area contributed by atoms with Gasteiger partial charge in [0.15, 0.2) is 0 Å². The van der Waals surface area contributed by atoms with Crippen molar-refractivity contribution in [3.05, 3.63) is 35.9 Å². The first-order valence-corrected chi connectivity index (χ1v) is 9.06. The van der Waals surface area contributed by atoms with Gasteiger partial charge >= 0.3 is 6.09 Å². The fourth-order valence-corrected chi connectivity index (χ4v) is 4.39. The summed E-state index contributed by atoms with van der Waals surface area (Å²) in [5.74, 6) is -0.351. The molecule has 1 N–H and O–H groups in total. The molecule has 1 aliphatic carbocycles. The Labute approximate surface area is 154 Å². The summed E-state index contributed by atoms with van der Waals surface area (Å²) in [7, 11) is 0. The maximum absolute atomic E-state index is 12.9. The van der Waals surface area contributed by atoms with Crippen molar-refractivity contribution in [2.24, 2.45) is 5.41 Å². The third-order valence-electron chi connectivity index (χ3n) is 5.73. The average Bonchev–Trinajstić information content (AvgIpc) is 2.98. The number of alkyl carbamates (subject to hydrolysis) is 1. The molecule has 6 nitrogen and oxygen atoms in total. The maximum Gasteiger partial charge on any atom is 0.413 e. The molecule has 2 amide bonds. The van der Waals surface area contributed by atoms with Gasteiger partial charge in [-0.1, -0.05) is 30.3 Å². The molecule has 2 fully saturated rings. The van der Waals surface area contributed by atoms with Gasteiger partial charge in [-0.15, -0.1) is 0 Å². The van der Waals surface area contributed by atoms with Crippen LogP contribution in [0.1, 0.15) is 46.1 Å². The maximum atomic E-state index is 12.9. The SMILES string of the molecule is CCOC(=O)NC(=O)C12CC(OCc3ccccc3)C(C)(C1)OC2(C)C.